The minimum Gasteiger partial charge on any atom is -0.492 e. The lowest BCUT2D eigenvalue weighted by molar-refractivity contribution is -0.122. The number of rotatable bonds is 8. The summed E-state index contributed by atoms with van der Waals surface area (Å²) in [4.78, 5) is 15.5. The maximum atomic E-state index is 13.2. The van der Waals surface area contributed by atoms with Gasteiger partial charge in [-0.3, -0.25) is 9.69 Å². The molecule has 0 aliphatic carbocycles. The minimum atomic E-state index is -0.0289. The number of hydrogen-bond donors (Lipinski definition) is 0. The van der Waals surface area contributed by atoms with Crippen molar-refractivity contribution < 1.29 is 9.53 Å². The molecule has 0 bridgehead atoms. The lowest BCUT2D eigenvalue weighted by Crippen LogP contribution is -2.30. The summed E-state index contributed by atoms with van der Waals surface area (Å²) >= 11 is 12.9. The number of carbonyl (C=O) groups is 1. The van der Waals surface area contributed by atoms with Crippen molar-refractivity contribution >= 4 is 62.8 Å². The summed E-state index contributed by atoms with van der Waals surface area (Å²) in [7, 11) is 0. The summed E-state index contributed by atoms with van der Waals surface area (Å²) in [6.07, 6.45) is 4.81. The molecule has 176 valence electrons. The molecular weight excluding hydrogens is 496 g/mol. The van der Waals surface area contributed by atoms with Crippen molar-refractivity contribution in [2.45, 2.75) is 13.0 Å². The van der Waals surface area contributed by atoms with E-state index in [1.54, 1.807) is 4.90 Å². The lowest BCUT2D eigenvalue weighted by Gasteiger charge is -2.14. The predicted molar refractivity (Wildman–Crippen MR) is 149 cm³/mol. The van der Waals surface area contributed by atoms with E-state index in [0.29, 0.717) is 33.9 Å². The van der Waals surface area contributed by atoms with Crippen LogP contribution >= 0.6 is 35.6 Å². The van der Waals surface area contributed by atoms with Crippen molar-refractivity contribution in [2.75, 3.05) is 13.2 Å². The third-order valence-electron chi connectivity index (χ3n) is 5.86. The highest BCUT2D eigenvalue weighted by atomic mass is 35.5. The largest absolute Gasteiger partial charge is 0.492 e. The first kappa shape index (κ1) is 23.7. The molecule has 0 atom stereocenters. The minimum absolute atomic E-state index is 0.0289. The van der Waals surface area contributed by atoms with Crippen LogP contribution in [0.4, 0.5) is 0 Å². The standard InChI is InChI=1S/C28H23ClN2O2S2/c29-22-10-12-23(13-11-22)33-17-16-30-19-21(24-8-4-5-9-25(24)30)18-26-27(32)31(28(34)35-26)15-14-20-6-2-1-3-7-20/h1-13,18-19H,14-17H2/b26-18-. The van der Waals surface area contributed by atoms with Crippen LogP contribution in [0.5, 0.6) is 5.75 Å². The Balaban J connectivity index is 1.32. The maximum Gasteiger partial charge on any atom is 0.266 e. The summed E-state index contributed by atoms with van der Waals surface area (Å²) in [6.45, 7) is 1.77. The van der Waals surface area contributed by atoms with Gasteiger partial charge >= 0.3 is 0 Å². The predicted octanol–water partition coefficient (Wildman–Crippen LogP) is 6.82. The average molecular weight is 519 g/mol. The summed E-state index contributed by atoms with van der Waals surface area (Å²) in [6, 6.07) is 25.7. The third kappa shape index (κ3) is 5.45. The van der Waals surface area contributed by atoms with E-state index in [4.69, 9.17) is 28.6 Å². The Morgan fingerprint density at radius 1 is 0.943 bits per heavy atom. The summed E-state index contributed by atoms with van der Waals surface area (Å²) in [5.74, 6) is 0.754. The molecule has 1 fully saturated rings. The Kier molecular flexibility index (Phi) is 7.23. The van der Waals surface area contributed by atoms with Crippen LogP contribution in [0.25, 0.3) is 17.0 Å². The van der Waals surface area contributed by atoms with E-state index in [1.807, 2.05) is 60.7 Å². The van der Waals surface area contributed by atoms with Crippen LogP contribution < -0.4 is 4.74 Å². The molecule has 1 aromatic heterocycles. The molecule has 4 aromatic rings. The number of benzene rings is 3. The molecular formula is C28H23ClN2O2S2. The van der Waals surface area contributed by atoms with Crippen LogP contribution in [0, 0.1) is 0 Å². The van der Waals surface area contributed by atoms with E-state index in [2.05, 4.69) is 35.0 Å². The Hall–Kier alpha value is -3.06. The van der Waals surface area contributed by atoms with Gasteiger partial charge in [0, 0.05) is 34.2 Å². The molecule has 1 aliphatic rings. The molecule has 0 spiro atoms. The zero-order chi connectivity index (χ0) is 24.2. The van der Waals surface area contributed by atoms with Gasteiger partial charge in [0.1, 0.15) is 16.7 Å². The van der Waals surface area contributed by atoms with Crippen LogP contribution in [0.15, 0.2) is 90.0 Å². The van der Waals surface area contributed by atoms with Crippen LogP contribution in [-0.2, 0) is 17.8 Å². The van der Waals surface area contributed by atoms with E-state index >= 15 is 0 Å². The van der Waals surface area contributed by atoms with E-state index in [-0.39, 0.29) is 5.91 Å². The molecule has 1 saturated heterocycles. The molecule has 35 heavy (non-hydrogen) atoms. The highest BCUT2D eigenvalue weighted by molar-refractivity contribution is 8.26. The molecule has 0 N–H and O–H groups in total. The molecule has 7 heteroatoms. The Labute approximate surface area is 219 Å². The fourth-order valence-electron chi connectivity index (χ4n) is 4.09. The van der Waals surface area contributed by atoms with Crippen molar-refractivity contribution in [1.82, 2.24) is 9.47 Å². The first-order chi connectivity index (χ1) is 17.1. The van der Waals surface area contributed by atoms with Gasteiger partial charge in [-0.25, -0.2) is 0 Å². The Morgan fingerprint density at radius 3 is 2.49 bits per heavy atom. The van der Waals surface area contributed by atoms with Gasteiger partial charge in [0.15, 0.2) is 0 Å². The van der Waals surface area contributed by atoms with Gasteiger partial charge in [-0.2, -0.15) is 0 Å². The first-order valence-electron chi connectivity index (χ1n) is 11.3. The summed E-state index contributed by atoms with van der Waals surface area (Å²) in [5, 5.41) is 1.78. The molecule has 4 nitrogen and oxygen atoms in total. The van der Waals surface area contributed by atoms with Gasteiger partial charge in [0.2, 0.25) is 0 Å². The number of amides is 1. The zero-order valence-corrected chi connectivity index (χ0v) is 21.3. The monoisotopic (exact) mass is 518 g/mol. The molecule has 1 aliphatic heterocycles. The fraction of sp³-hybridized carbons (Fsp3) is 0.143. The first-order valence-corrected chi connectivity index (χ1v) is 12.9. The Morgan fingerprint density at radius 2 is 1.69 bits per heavy atom. The number of nitrogens with zero attached hydrogens (tertiary/aromatic N) is 2. The highest BCUT2D eigenvalue weighted by Gasteiger charge is 2.31. The number of hydrogen-bond acceptors (Lipinski definition) is 4. The molecule has 0 unspecified atom stereocenters. The second-order valence-corrected chi connectivity index (χ2v) is 10.3. The highest BCUT2D eigenvalue weighted by Crippen LogP contribution is 2.34. The van der Waals surface area contributed by atoms with Crippen LogP contribution in [-0.4, -0.2) is 32.8 Å². The van der Waals surface area contributed by atoms with Gasteiger partial charge in [0.25, 0.3) is 5.91 Å². The van der Waals surface area contributed by atoms with E-state index in [1.165, 1.54) is 17.3 Å². The van der Waals surface area contributed by atoms with Crippen molar-refractivity contribution in [3.8, 4) is 5.75 Å². The summed E-state index contributed by atoms with van der Waals surface area (Å²) < 4.78 is 8.66. The SMILES string of the molecule is O=C1/C(=C/c2cn(CCOc3ccc(Cl)cc3)c3ccccc23)SC(=S)N1CCc1ccccc1. The third-order valence-corrected chi connectivity index (χ3v) is 7.49. The number of ether oxygens (including phenoxy) is 1. The van der Waals surface area contributed by atoms with Gasteiger partial charge < -0.3 is 9.30 Å². The van der Waals surface area contributed by atoms with Gasteiger partial charge in [-0.1, -0.05) is 84.1 Å². The van der Waals surface area contributed by atoms with Crippen molar-refractivity contribution in [1.29, 1.82) is 0 Å². The van der Waals surface area contributed by atoms with E-state index < -0.39 is 0 Å². The van der Waals surface area contributed by atoms with Crippen molar-refractivity contribution in [2.24, 2.45) is 0 Å². The smallest absolute Gasteiger partial charge is 0.266 e. The molecule has 2 heterocycles. The number of aromatic nitrogens is 1. The van der Waals surface area contributed by atoms with Crippen LogP contribution in [0.2, 0.25) is 5.02 Å². The second-order valence-electron chi connectivity index (χ2n) is 8.17. The molecule has 0 radical (unpaired) electrons. The number of thiocarbonyl (C=S) groups is 1. The fourth-order valence-corrected chi connectivity index (χ4v) is 5.51. The average Bonchev–Trinajstić information content (AvgIpc) is 3.36. The number of thioether (sulfide) groups is 1. The van der Waals surface area contributed by atoms with Gasteiger partial charge in [0.05, 0.1) is 11.4 Å². The molecule has 1 amide bonds. The van der Waals surface area contributed by atoms with Crippen LogP contribution in [0.1, 0.15) is 11.1 Å². The van der Waals surface area contributed by atoms with E-state index in [0.717, 1.165) is 28.6 Å². The zero-order valence-electron chi connectivity index (χ0n) is 18.9. The number of para-hydroxylation sites is 1. The van der Waals surface area contributed by atoms with Gasteiger partial charge in [-0.05, 0) is 48.4 Å². The van der Waals surface area contributed by atoms with E-state index in [9.17, 15) is 4.79 Å². The maximum absolute atomic E-state index is 13.2. The number of carbonyl (C=O) groups excluding carboxylic acids is 1. The van der Waals surface area contributed by atoms with Crippen molar-refractivity contribution in [3.05, 3.63) is 106 Å². The topological polar surface area (TPSA) is 34.5 Å². The second kappa shape index (κ2) is 10.7. The quantitative estimate of drug-likeness (QED) is 0.189. The van der Waals surface area contributed by atoms with Crippen molar-refractivity contribution in [3.63, 3.8) is 0 Å². The lowest BCUT2D eigenvalue weighted by atomic mass is 10.1. The number of halogens is 1. The molecule has 5 rings (SSSR count). The van der Waals surface area contributed by atoms with Crippen LogP contribution in [0.3, 0.4) is 0 Å². The molecule has 3 aromatic carbocycles. The summed E-state index contributed by atoms with van der Waals surface area (Å²) in [5.41, 5.74) is 3.28. The number of fused-ring (bicyclic) bond motifs is 1. The Bertz CT molecular complexity index is 1400. The normalized spacial score (nSPS) is 14.9. The molecule has 0 saturated carbocycles. The van der Waals surface area contributed by atoms with Gasteiger partial charge in [-0.15, -0.1) is 0 Å².